The Labute approximate surface area is 139 Å². The van der Waals surface area contributed by atoms with Crippen molar-refractivity contribution < 1.29 is 5.11 Å². The second-order valence-electron chi connectivity index (χ2n) is 6.10. The van der Waals surface area contributed by atoms with Gasteiger partial charge in [-0.25, -0.2) is 4.98 Å². The summed E-state index contributed by atoms with van der Waals surface area (Å²) in [6.45, 7) is 6.76. The fourth-order valence-corrected chi connectivity index (χ4v) is 3.12. The van der Waals surface area contributed by atoms with Crippen molar-refractivity contribution in [2.75, 3.05) is 32.7 Å². The molecule has 2 heterocycles. The van der Waals surface area contributed by atoms with Gasteiger partial charge < -0.3 is 10.1 Å². The third-order valence-electron chi connectivity index (χ3n) is 4.08. The predicted molar refractivity (Wildman–Crippen MR) is 90.8 cm³/mol. The first-order chi connectivity index (χ1) is 11.0. The van der Waals surface area contributed by atoms with Gasteiger partial charge in [0.25, 0.3) is 5.56 Å². The van der Waals surface area contributed by atoms with E-state index < -0.39 is 0 Å². The minimum atomic E-state index is -0.299. The van der Waals surface area contributed by atoms with E-state index in [0.29, 0.717) is 34.8 Å². The fourth-order valence-electron chi connectivity index (χ4n) is 2.95. The van der Waals surface area contributed by atoms with Crippen LogP contribution in [0.15, 0.2) is 23.0 Å². The summed E-state index contributed by atoms with van der Waals surface area (Å²) in [7, 11) is 0. The van der Waals surface area contributed by atoms with Gasteiger partial charge in [-0.3, -0.25) is 14.6 Å². The minimum absolute atomic E-state index is 0.153. The number of rotatable bonds is 4. The molecule has 2 N–H and O–H groups in total. The Balaban J connectivity index is 1.68. The molecule has 1 saturated heterocycles. The Kier molecular flexibility index (Phi) is 4.96. The Morgan fingerprint density at radius 3 is 2.70 bits per heavy atom. The maximum absolute atomic E-state index is 12.2. The molecule has 0 amide bonds. The number of hydrogen-bond acceptors (Lipinski definition) is 5. The number of aliphatic hydroxyl groups is 1. The number of fused-ring (bicyclic) bond motifs is 1. The molecule has 3 rings (SSSR count). The van der Waals surface area contributed by atoms with Crippen molar-refractivity contribution in [2.24, 2.45) is 0 Å². The zero-order chi connectivity index (χ0) is 16.4. The van der Waals surface area contributed by atoms with Gasteiger partial charge in [-0.2, -0.15) is 0 Å². The van der Waals surface area contributed by atoms with E-state index in [1.54, 1.807) is 18.2 Å². The third-order valence-corrected chi connectivity index (χ3v) is 4.31. The maximum atomic E-state index is 12.2. The van der Waals surface area contributed by atoms with Crippen LogP contribution in [-0.4, -0.2) is 63.7 Å². The molecule has 124 valence electrons. The highest BCUT2D eigenvalue weighted by Gasteiger charge is 2.18. The number of aliphatic hydroxyl groups excluding tert-OH is 1. The molecule has 1 aromatic heterocycles. The second-order valence-corrected chi connectivity index (χ2v) is 6.54. The van der Waals surface area contributed by atoms with Gasteiger partial charge in [0.1, 0.15) is 5.82 Å². The number of aromatic amines is 1. The molecule has 0 spiro atoms. The molecule has 0 aliphatic carbocycles. The van der Waals surface area contributed by atoms with Crippen molar-refractivity contribution in [3.63, 3.8) is 0 Å². The fraction of sp³-hybridized carbons (Fsp3) is 0.500. The molecule has 0 unspecified atom stereocenters. The van der Waals surface area contributed by atoms with Gasteiger partial charge in [0.15, 0.2) is 0 Å². The van der Waals surface area contributed by atoms with Crippen molar-refractivity contribution in [1.29, 1.82) is 0 Å². The first-order valence-corrected chi connectivity index (χ1v) is 8.20. The standard InChI is InChI=1S/C16H21ClN4O2/c1-11(22)9-20-4-6-21(7-5-20)10-15-18-14-3-2-12(17)8-13(14)16(23)19-15/h2-3,8,11,22H,4-7,9-10H2,1H3,(H,18,19,23)/t11-/m1/s1. The molecule has 1 aromatic carbocycles. The topological polar surface area (TPSA) is 72.5 Å². The Bertz CT molecular complexity index is 738. The lowest BCUT2D eigenvalue weighted by atomic mass is 10.2. The number of nitrogens with one attached hydrogen (secondary N) is 1. The van der Waals surface area contributed by atoms with E-state index in [2.05, 4.69) is 19.8 Å². The van der Waals surface area contributed by atoms with Crippen LogP contribution in [0, 0.1) is 0 Å². The van der Waals surface area contributed by atoms with E-state index in [1.807, 2.05) is 6.92 Å². The predicted octanol–water partition coefficient (Wildman–Crippen LogP) is 1.07. The SMILES string of the molecule is C[C@@H](O)CN1CCN(Cc2nc3ccc(Cl)cc3c(=O)[nH]2)CC1. The highest BCUT2D eigenvalue weighted by atomic mass is 35.5. The average molecular weight is 337 g/mol. The highest BCUT2D eigenvalue weighted by Crippen LogP contribution is 2.15. The zero-order valence-corrected chi connectivity index (χ0v) is 13.9. The first-order valence-electron chi connectivity index (χ1n) is 7.82. The lowest BCUT2D eigenvalue weighted by molar-refractivity contribution is 0.0771. The van der Waals surface area contributed by atoms with Gasteiger partial charge >= 0.3 is 0 Å². The average Bonchev–Trinajstić information content (AvgIpc) is 2.50. The van der Waals surface area contributed by atoms with Gasteiger partial charge in [-0.05, 0) is 25.1 Å². The number of nitrogens with zero attached hydrogens (tertiary/aromatic N) is 3. The van der Waals surface area contributed by atoms with E-state index >= 15 is 0 Å². The number of aromatic nitrogens is 2. The molecule has 23 heavy (non-hydrogen) atoms. The summed E-state index contributed by atoms with van der Waals surface area (Å²) in [6.07, 6.45) is -0.299. The molecule has 7 heteroatoms. The van der Waals surface area contributed by atoms with Crippen LogP contribution >= 0.6 is 11.6 Å². The summed E-state index contributed by atoms with van der Waals surface area (Å²) < 4.78 is 0. The molecule has 2 aromatic rings. The molecule has 0 bridgehead atoms. The molecule has 1 aliphatic rings. The molecule has 0 saturated carbocycles. The summed E-state index contributed by atoms with van der Waals surface area (Å²) >= 11 is 5.92. The van der Waals surface area contributed by atoms with E-state index in [0.717, 1.165) is 26.2 Å². The van der Waals surface area contributed by atoms with Crippen molar-refractivity contribution in [2.45, 2.75) is 19.6 Å². The summed E-state index contributed by atoms with van der Waals surface area (Å²) in [4.78, 5) is 24.0. The van der Waals surface area contributed by atoms with E-state index in [9.17, 15) is 9.90 Å². The van der Waals surface area contributed by atoms with E-state index in [-0.39, 0.29) is 11.7 Å². The lowest BCUT2D eigenvalue weighted by Crippen LogP contribution is -2.48. The number of halogens is 1. The van der Waals surface area contributed by atoms with Gasteiger partial charge in [0, 0.05) is 37.7 Å². The van der Waals surface area contributed by atoms with E-state index in [1.165, 1.54) is 0 Å². The van der Waals surface area contributed by atoms with Crippen LogP contribution in [0.4, 0.5) is 0 Å². The van der Waals surface area contributed by atoms with Crippen LogP contribution in [0.1, 0.15) is 12.7 Å². The summed E-state index contributed by atoms with van der Waals surface area (Å²) in [5.74, 6) is 0.675. The Morgan fingerprint density at radius 1 is 1.30 bits per heavy atom. The number of piperazine rings is 1. The number of benzene rings is 1. The smallest absolute Gasteiger partial charge is 0.258 e. The summed E-state index contributed by atoms with van der Waals surface area (Å²) in [6, 6.07) is 5.16. The first kappa shape index (κ1) is 16.4. The molecule has 1 atom stereocenters. The van der Waals surface area contributed by atoms with Gasteiger partial charge in [-0.1, -0.05) is 11.6 Å². The summed E-state index contributed by atoms with van der Waals surface area (Å²) in [5, 5.41) is 10.5. The van der Waals surface area contributed by atoms with Crippen LogP contribution in [0.2, 0.25) is 5.02 Å². The van der Waals surface area contributed by atoms with Crippen molar-refractivity contribution in [3.8, 4) is 0 Å². The monoisotopic (exact) mass is 336 g/mol. The van der Waals surface area contributed by atoms with Crippen LogP contribution in [-0.2, 0) is 6.54 Å². The van der Waals surface area contributed by atoms with Crippen LogP contribution in [0.25, 0.3) is 10.9 Å². The zero-order valence-electron chi connectivity index (χ0n) is 13.1. The highest BCUT2D eigenvalue weighted by molar-refractivity contribution is 6.31. The Morgan fingerprint density at radius 2 is 2.00 bits per heavy atom. The molecule has 1 aliphatic heterocycles. The number of H-pyrrole nitrogens is 1. The molecular formula is C16H21ClN4O2. The largest absolute Gasteiger partial charge is 0.392 e. The van der Waals surface area contributed by atoms with Crippen LogP contribution in [0.5, 0.6) is 0 Å². The van der Waals surface area contributed by atoms with Gasteiger partial charge in [0.2, 0.25) is 0 Å². The quantitative estimate of drug-likeness (QED) is 0.874. The Hall–Kier alpha value is -1.47. The van der Waals surface area contributed by atoms with Crippen LogP contribution in [0.3, 0.4) is 0 Å². The minimum Gasteiger partial charge on any atom is -0.392 e. The molecular weight excluding hydrogens is 316 g/mol. The van der Waals surface area contributed by atoms with Gasteiger partial charge in [-0.15, -0.1) is 0 Å². The molecule has 1 fully saturated rings. The van der Waals surface area contributed by atoms with Crippen LogP contribution < -0.4 is 5.56 Å². The normalized spacial score (nSPS) is 18.4. The molecule has 0 radical (unpaired) electrons. The van der Waals surface area contributed by atoms with Crippen molar-refractivity contribution in [3.05, 3.63) is 39.4 Å². The van der Waals surface area contributed by atoms with Crippen molar-refractivity contribution >= 4 is 22.5 Å². The molecule has 6 nitrogen and oxygen atoms in total. The lowest BCUT2D eigenvalue weighted by Gasteiger charge is -2.34. The van der Waals surface area contributed by atoms with Crippen molar-refractivity contribution in [1.82, 2.24) is 19.8 Å². The maximum Gasteiger partial charge on any atom is 0.258 e. The number of β-amino-alcohol motifs (C(OH)–C–C–N with tert-alkyl or cyclic N) is 1. The van der Waals surface area contributed by atoms with Gasteiger partial charge in [0.05, 0.1) is 23.6 Å². The number of hydrogen-bond donors (Lipinski definition) is 2. The third kappa shape index (κ3) is 4.09. The summed E-state index contributed by atoms with van der Waals surface area (Å²) in [5.41, 5.74) is 0.515. The van der Waals surface area contributed by atoms with E-state index in [4.69, 9.17) is 11.6 Å². The second kappa shape index (κ2) is 6.97.